The first-order valence-corrected chi connectivity index (χ1v) is 18.0. The summed E-state index contributed by atoms with van der Waals surface area (Å²) in [4.78, 5) is 27.7. The number of amides is 1. The zero-order valence-electron chi connectivity index (χ0n) is 28.5. The summed E-state index contributed by atoms with van der Waals surface area (Å²) >= 11 is 0. The van der Waals surface area contributed by atoms with E-state index in [1.165, 1.54) is 5.56 Å². The normalized spacial score (nSPS) is 26.8. The molecule has 8 nitrogen and oxygen atoms in total. The molecule has 7 rings (SSSR count). The first kappa shape index (κ1) is 32.7. The quantitative estimate of drug-likeness (QED) is 0.175. The maximum atomic E-state index is 14.2. The van der Waals surface area contributed by atoms with Crippen LogP contribution in [0.1, 0.15) is 117 Å². The molecule has 8 heteroatoms. The van der Waals surface area contributed by atoms with E-state index in [1.807, 2.05) is 32.0 Å². The van der Waals surface area contributed by atoms with Gasteiger partial charge in [-0.25, -0.2) is 0 Å². The standard InChI is InChI=1S/C40H50N4O4/c1-4-27-16-17-35-31(20-27)34(23-39(48-35)18-10-11-19-39)41-24-36(45)40(22-32(40)28-12-6-5-7-13-28)43-37(46)29-21-33(42-26(2)3)38(47)44(25-29)30-14-8-9-15-30/h5-7,10,12-13,16-18,20-21,25-26,30,32,34,36,41-42,45H,4,8-9,11,14-15,19,22-24H2,1-3H3,(H,43,46)/t32?,34?,36-,39?,40?/m1/s1. The second kappa shape index (κ2) is 13.2. The van der Waals surface area contributed by atoms with Gasteiger partial charge in [0.05, 0.1) is 17.2 Å². The number of ether oxygens (including phenoxy) is 1. The zero-order valence-corrected chi connectivity index (χ0v) is 28.5. The molecule has 1 amide bonds. The summed E-state index contributed by atoms with van der Waals surface area (Å²) < 4.78 is 8.35. The Kier molecular flexibility index (Phi) is 8.98. The largest absolute Gasteiger partial charge is 0.483 e. The van der Waals surface area contributed by atoms with Crippen LogP contribution in [0.2, 0.25) is 0 Å². The van der Waals surface area contributed by atoms with Crippen LogP contribution in [0.3, 0.4) is 0 Å². The van der Waals surface area contributed by atoms with Gasteiger partial charge < -0.3 is 30.4 Å². The summed E-state index contributed by atoms with van der Waals surface area (Å²) in [6, 6.07) is 18.4. The lowest BCUT2D eigenvalue weighted by atomic mass is 9.85. The topological polar surface area (TPSA) is 105 Å². The Hall–Kier alpha value is -3.88. The molecule has 4 N–H and O–H groups in total. The van der Waals surface area contributed by atoms with Gasteiger partial charge in [0.1, 0.15) is 17.0 Å². The van der Waals surface area contributed by atoms with Gasteiger partial charge in [0.2, 0.25) is 0 Å². The first-order valence-electron chi connectivity index (χ1n) is 18.0. The van der Waals surface area contributed by atoms with E-state index in [-0.39, 0.29) is 41.1 Å². The van der Waals surface area contributed by atoms with Crippen LogP contribution in [0.25, 0.3) is 0 Å². The van der Waals surface area contributed by atoms with Crippen LogP contribution in [0.4, 0.5) is 5.69 Å². The smallest absolute Gasteiger partial charge is 0.274 e. The molecule has 2 heterocycles. The molecule has 4 unspecified atom stereocenters. The van der Waals surface area contributed by atoms with Crippen molar-refractivity contribution >= 4 is 11.6 Å². The fourth-order valence-corrected chi connectivity index (χ4v) is 8.33. The van der Waals surface area contributed by atoms with Crippen LogP contribution < -0.4 is 26.2 Å². The number of rotatable bonds is 11. The number of benzene rings is 2. The van der Waals surface area contributed by atoms with Crippen molar-refractivity contribution in [2.75, 3.05) is 11.9 Å². The number of carbonyl (C=O) groups is 1. The van der Waals surface area contributed by atoms with Crippen LogP contribution in [-0.4, -0.2) is 45.4 Å². The number of fused-ring (bicyclic) bond motifs is 1. The second-order valence-electron chi connectivity index (χ2n) is 14.8. The van der Waals surface area contributed by atoms with Gasteiger partial charge in [-0.05, 0) is 81.7 Å². The Balaban J connectivity index is 1.17. The van der Waals surface area contributed by atoms with E-state index in [2.05, 4.69) is 65.4 Å². The number of allylic oxidation sites excluding steroid dienone is 1. The SMILES string of the molecule is CCc1ccc2c(c1)C(NC[C@@H](O)C1(NC(=O)c3cc(NC(C)C)c(=O)n(C4CCCC4)c3)CC1c1ccccc1)CC1(C=CCC1)O2. The van der Waals surface area contributed by atoms with Gasteiger partial charge >= 0.3 is 0 Å². The highest BCUT2D eigenvalue weighted by Gasteiger charge is 2.60. The summed E-state index contributed by atoms with van der Waals surface area (Å²) in [6.45, 7) is 6.45. The van der Waals surface area contributed by atoms with E-state index in [4.69, 9.17) is 4.74 Å². The molecule has 1 aliphatic heterocycles. The highest BCUT2D eigenvalue weighted by Crippen LogP contribution is 2.54. The molecule has 48 heavy (non-hydrogen) atoms. The number of pyridine rings is 1. The number of aryl methyl sites for hydroxylation is 1. The van der Waals surface area contributed by atoms with E-state index in [0.717, 1.165) is 68.2 Å². The Morgan fingerprint density at radius 3 is 2.58 bits per heavy atom. The maximum Gasteiger partial charge on any atom is 0.274 e. The third kappa shape index (κ3) is 6.32. The molecule has 3 aliphatic carbocycles. The number of aromatic nitrogens is 1. The molecule has 3 aromatic rings. The molecule has 2 aromatic carbocycles. The van der Waals surface area contributed by atoms with Crippen molar-refractivity contribution in [2.45, 2.75) is 120 Å². The fourth-order valence-electron chi connectivity index (χ4n) is 8.33. The summed E-state index contributed by atoms with van der Waals surface area (Å²) in [7, 11) is 0. The van der Waals surface area contributed by atoms with Crippen molar-refractivity contribution in [3.63, 3.8) is 0 Å². The van der Waals surface area contributed by atoms with Gasteiger partial charge in [-0.15, -0.1) is 0 Å². The van der Waals surface area contributed by atoms with E-state index in [0.29, 0.717) is 24.2 Å². The number of hydrogen-bond acceptors (Lipinski definition) is 6. The van der Waals surface area contributed by atoms with E-state index < -0.39 is 11.6 Å². The Morgan fingerprint density at radius 2 is 1.88 bits per heavy atom. The predicted octanol–water partition coefficient (Wildman–Crippen LogP) is 6.57. The highest BCUT2D eigenvalue weighted by atomic mass is 16.5. The molecular weight excluding hydrogens is 600 g/mol. The molecule has 4 aliphatic rings. The summed E-state index contributed by atoms with van der Waals surface area (Å²) in [5, 5.41) is 22.4. The molecule has 5 atom stereocenters. The molecule has 0 saturated heterocycles. The number of carbonyl (C=O) groups excluding carboxylic acids is 1. The number of nitrogens with zero attached hydrogens (tertiary/aromatic N) is 1. The van der Waals surface area contributed by atoms with Crippen LogP contribution in [0.15, 0.2) is 77.7 Å². The molecule has 2 saturated carbocycles. The molecule has 0 radical (unpaired) electrons. The third-order valence-corrected chi connectivity index (χ3v) is 11.0. The van der Waals surface area contributed by atoms with Crippen molar-refractivity contribution in [1.82, 2.24) is 15.2 Å². The summed E-state index contributed by atoms with van der Waals surface area (Å²) in [6.07, 6.45) is 13.6. The lowest BCUT2D eigenvalue weighted by molar-refractivity contribution is 0.0621. The van der Waals surface area contributed by atoms with Gasteiger partial charge in [-0.3, -0.25) is 9.59 Å². The monoisotopic (exact) mass is 650 g/mol. The van der Waals surface area contributed by atoms with Crippen LogP contribution in [0.5, 0.6) is 5.75 Å². The van der Waals surface area contributed by atoms with Crippen LogP contribution in [0, 0.1) is 0 Å². The lowest BCUT2D eigenvalue weighted by Gasteiger charge is -2.40. The number of aliphatic hydroxyl groups excluding tert-OH is 1. The molecule has 1 spiro atoms. The fraction of sp³-hybridized carbons (Fsp3) is 0.500. The number of aliphatic hydroxyl groups is 1. The lowest BCUT2D eigenvalue weighted by Crippen LogP contribution is -2.52. The van der Waals surface area contributed by atoms with E-state index in [9.17, 15) is 14.7 Å². The Bertz CT molecular complexity index is 1730. The Labute approximate surface area is 284 Å². The second-order valence-corrected chi connectivity index (χ2v) is 14.8. The van der Waals surface area contributed by atoms with Crippen LogP contribution >= 0.6 is 0 Å². The van der Waals surface area contributed by atoms with Crippen molar-refractivity contribution in [2.24, 2.45) is 0 Å². The van der Waals surface area contributed by atoms with Gasteiger partial charge in [0.25, 0.3) is 11.5 Å². The summed E-state index contributed by atoms with van der Waals surface area (Å²) in [5.41, 5.74) is 3.06. The van der Waals surface area contributed by atoms with Gasteiger partial charge in [0, 0.05) is 48.8 Å². The molecule has 0 bridgehead atoms. The molecular formula is C40H50N4O4. The van der Waals surface area contributed by atoms with E-state index >= 15 is 0 Å². The number of hydrogen-bond donors (Lipinski definition) is 4. The van der Waals surface area contributed by atoms with E-state index in [1.54, 1.807) is 16.8 Å². The average molecular weight is 651 g/mol. The average Bonchev–Trinajstić information content (AvgIpc) is 3.37. The van der Waals surface area contributed by atoms with Gasteiger partial charge in [-0.2, -0.15) is 0 Å². The summed E-state index contributed by atoms with van der Waals surface area (Å²) in [5.74, 6) is 0.591. The minimum absolute atomic E-state index is 0.000962. The molecule has 1 aromatic heterocycles. The molecule has 2 fully saturated rings. The van der Waals surface area contributed by atoms with Crippen LogP contribution in [-0.2, 0) is 6.42 Å². The first-order chi connectivity index (χ1) is 23.2. The van der Waals surface area contributed by atoms with Crippen molar-refractivity contribution in [1.29, 1.82) is 0 Å². The zero-order chi connectivity index (χ0) is 33.5. The maximum absolute atomic E-state index is 14.2. The van der Waals surface area contributed by atoms with Gasteiger partial charge in [0.15, 0.2) is 0 Å². The third-order valence-electron chi connectivity index (χ3n) is 11.0. The predicted molar refractivity (Wildman–Crippen MR) is 190 cm³/mol. The van der Waals surface area contributed by atoms with Crippen molar-refractivity contribution in [3.8, 4) is 5.75 Å². The minimum Gasteiger partial charge on any atom is -0.483 e. The minimum atomic E-state index is -0.852. The number of nitrogens with one attached hydrogen (secondary N) is 3. The van der Waals surface area contributed by atoms with Gasteiger partial charge in [-0.1, -0.05) is 68.3 Å². The Morgan fingerprint density at radius 1 is 1.08 bits per heavy atom. The van der Waals surface area contributed by atoms with Crippen molar-refractivity contribution in [3.05, 3.63) is 106 Å². The van der Waals surface area contributed by atoms with Crippen molar-refractivity contribution < 1.29 is 14.6 Å². The highest BCUT2D eigenvalue weighted by molar-refractivity contribution is 5.95. The number of anilines is 1. The molecule has 254 valence electrons.